The van der Waals surface area contributed by atoms with Crippen molar-refractivity contribution < 1.29 is 4.74 Å². The first-order chi connectivity index (χ1) is 9.38. The first kappa shape index (κ1) is 14.7. The predicted molar refractivity (Wildman–Crippen MR) is 83.1 cm³/mol. The average molecular weight is 291 g/mol. The van der Waals surface area contributed by atoms with Crippen molar-refractivity contribution in [2.75, 3.05) is 5.73 Å². The summed E-state index contributed by atoms with van der Waals surface area (Å²) in [6.45, 7) is 6.76. The van der Waals surface area contributed by atoms with Crippen LogP contribution in [-0.2, 0) is 12.0 Å². The first-order valence-corrected chi connectivity index (χ1v) is 6.89. The minimum atomic E-state index is 0.0174. The highest BCUT2D eigenvalue weighted by Crippen LogP contribution is 2.31. The van der Waals surface area contributed by atoms with Crippen molar-refractivity contribution >= 4 is 17.4 Å². The van der Waals surface area contributed by atoms with Gasteiger partial charge in [-0.2, -0.15) is 0 Å². The van der Waals surface area contributed by atoms with E-state index in [1.165, 1.54) is 0 Å². The van der Waals surface area contributed by atoms with Gasteiger partial charge in [0.15, 0.2) is 0 Å². The van der Waals surface area contributed by atoms with Gasteiger partial charge in [0.05, 0.1) is 10.7 Å². The van der Waals surface area contributed by atoms with Crippen molar-refractivity contribution in [1.82, 2.24) is 4.98 Å². The summed E-state index contributed by atoms with van der Waals surface area (Å²) < 4.78 is 5.88. The van der Waals surface area contributed by atoms with Gasteiger partial charge < -0.3 is 10.5 Å². The summed E-state index contributed by atoms with van der Waals surface area (Å²) in [6, 6.07) is 11.4. The zero-order valence-corrected chi connectivity index (χ0v) is 12.7. The molecule has 0 fully saturated rings. The van der Waals surface area contributed by atoms with E-state index in [1.54, 1.807) is 12.1 Å². The molecule has 0 saturated heterocycles. The Morgan fingerprint density at radius 1 is 1.15 bits per heavy atom. The molecule has 0 atom stereocenters. The van der Waals surface area contributed by atoms with Crippen LogP contribution in [0.4, 0.5) is 5.82 Å². The molecule has 106 valence electrons. The fraction of sp³-hybridized carbons (Fsp3) is 0.312. The third kappa shape index (κ3) is 3.42. The molecule has 1 aromatic heterocycles. The Bertz CT molecular complexity index is 606. The molecule has 0 unspecified atom stereocenters. The van der Waals surface area contributed by atoms with E-state index in [2.05, 4.69) is 31.8 Å². The molecule has 0 saturated carbocycles. The first-order valence-electron chi connectivity index (χ1n) is 6.51. The summed E-state index contributed by atoms with van der Waals surface area (Å²) in [5, 5.41) is 0.562. The lowest BCUT2D eigenvalue weighted by molar-refractivity contribution is 0.293. The van der Waals surface area contributed by atoms with Gasteiger partial charge in [-0.25, -0.2) is 4.98 Å². The highest BCUT2D eigenvalue weighted by Gasteiger charge is 2.18. The zero-order valence-electron chi connectivity index (χ0n) is 12.0. The Balaban J connectivity index is 2.21. The van der Waals surface area contributed by atoms with Crippen LogP contribution in [0.5, 0.6) is 5.75 Å². The minimum absolute atomic E-state index is 0.0174. The SMILES string of the molecule is CC(C)(C)c1ccccc1OCc1nc(N)ccc1Cl. The summed E-state index contributed by atoms with van der Waals surface area (Å²) in [6.07, 6.45) is 0. The van der Waals surface area contributed by atoms with Crippen molar-refractivity contribution in [2.45, 2.75) is 32.8 Å². The van der Waals surface area contributed by atoms with E-state index in [0.29, 0.717) is 23.1 Å². The highest BCUT2D eigenvalue weighted by molar-refractivity contribution is 6.31. The van der Waals surface area contributed by atoms with Crippen molar-refractivity contribution in [2.24, 2.45) is 0 Å². The average Bonchev–Trinajstić information content (AvgIpc) is 2.39. The van der Waals surface area contributed by atoms with Crippen LogP contribution in [-0.4, -0.2) is 4.98 Å². The largest absolute Gasteiger partial charge is 0.487 e. The fourth-order valence-corrected chi connectivity index (χ4v) is 2.12. The summed E-state index contributed by atoms with van der Waals surface area (Å²) in [5.74, 6) is 1.29. The molecule has 0 radical (unpaired) electrons. The lowest BCUT2D eigenvalue weighted by atomic mass is 9.86. The second kappa shape index (κ2) is 5.71. The number of ether oxygens (including phenoxy) is 1. The Morgan fingerprint density at radius 3 is 2.55 bits per heavy atom. The van der Waals surface area contributed by atoms with E-state index in [1.807, 2.05) is 18.2 Å². The Labute approximate surface area is 124 Å². The molecule has 0 spiro atoms. The van der Waals surface area contributed by atoms with Gasteiger partial charge in [-0.1, -0.05) is 50.6 Å². The number of anilines is 1. The number of halogens is 1. The van der Waals surface area contributed by atoms with Crippen molar-refractivity contribution in [3.05, 3.63) is 52.7 Å². The number of pyridine rings is 1. The van der Waals surface area contributed by atoms with E-state index in [4.69, 9.17) is 22.1 Å². The Hall–Kier alpha value is -1.74. The fourth-order valence-electron chi connectivity index (χ4n) is 1.96. The van der Waals surface area contributed by atoms with Gasteiger partial charge in [0.1, 0.15) is 18.2 Å². The molecule has 0 aliphatic rings. The maximum Gasteiger partial charge on any atom is 0.132 e. The molecule has 20 heavy (non-hydrogen) atoms. The van der Waals surface area contributed by atoms with Gasteiger partial charge in [0.25, 0.3) is 0 Å². The van der Waals surface area contributed by atoms with Crippen LogP contribution >= 0.6 is 11.6 Å². The highest BCUT2D eigenvalue weighted by atomic mass is 35.5. The van der Waals surface area contributed by atoms with Crippen molar-refractivity contribution in [3.63, 3.8) is 0 Å². The molecule has 3 nitrogen and oxygen atoms in total. The third-order valence-electron chi connectivity index (χ3n) is 3.00. The van der Waals surface area contributed by atoms with Crippen molar-refractivity contribution in [1.29, 1.82) is 0 Å². The summed E-state index contributed by atoms with van der Waals surface area (Å²) in [4.78, 5) is 4.20. The third-order valence-corrected chi connectivity index (χ3v) is 3.34. The number of aromatic nitrogens is 1. The van der Waals surface area contributed by atoms with E-state index in [-0.39, 0.29) is 5.41 Å². The number of nitrogen functional groups attached to an aromatic ring is 1. The van der Waals surface area contributed by atoms with Gasteiger partial charge >= 0.3 is 0 Å². The molecule has 2 N–H and O–H groups in total. The quantitative estimate of drug-likeness (QED) is 0.922. The monoisotopic (exact) mass is 290 g/mol. The van der Waals surface area contributed by atoms with Gasteiger partial charge in [-0.15, -0.1) is 0 Å². The van der Waals surface area contributed by atoms with E-state index >= 15 is 0 Å². The van der Waals surface area contributed by atoms with Crippen LogP contribution in [0.25, 0.3) is 0 Å². The molecule has 0 aliphatic heterocycles. The number of hydrogen-bond donors (Lipinski definition) is 1. The summed E-state index contributed by atoms with van der Waals surface area (Å²) in [7, 11) is 0. The predicted octanol–water partition coefficient (Wildman–Crippen LogP) is 4.19. The summed E-state index contributed by atoms with van der Waals surface area (Å²) >= 11 is 6.09. The molecule has 0 amide bonds. The molecular weight excluding hydrogens is 272 g/mol. The summed E-state index contributed by atoms with van der Waals surface area (Å²) in [5.41, 5.74) is 7.49. The minimum Gasteiger partial charge on any atom is -0.487 e. The van der Waals surface area contributed by atoms with Gasteiger partial charge in [-0.3, -0.25) is 0 Å². The molecule has 0 aliphatic carbocycles. The number of hydrogen-bond acceptors (Lipinski definition) is 3. The number of rotatable bonds is 3. The normalized spacial score (nSPS) is 11.4. The van der Waals surface area contributed by atoms with Gasteiger partial charge in [-0.05, 0) is 29.2 Å². The maximum atomic E-state index is 6.09. The number of nitrogens with two attached hydrogens (primary N) is 1. The molecular formula is C16H19ClN2O. The van der Waals surface area contributed by atoms with Crippen LogP contribution in [0.2, 0.25) is 5.02 Å². The van der Waals surface area contributed by atoms with Crippen LogP contribution in [0, 0.1) is 0 Å². The number of para-hydroxylation sites is 1. The number of nitrogens with zero attached hydrogens (tertiary/aromatic N) is 1. The van der Waals surface area contributed by atoms with Crippen molar-refractivity contribution in [3.8, 4) is 5.75 Å². The smallest absolute Gasteiger partial charge is 0.132 e. The van der Waals surface area contributed by atoms with Crippen LogP contribution in [0.15, 0.2) is 36.4 Å². The molecule has 1 heterocycles. The number of benzene rings is 1. The lowest BCUT2D eigenvalue weighted by Gasteiger charge is -2.22. The molecule has 2 rings (SSSR count). The second-order valence-corrected chi connectivity index (χ2v) is 6.11. The molecule has 0 bridgehead atoms. The Morgan fingerprint density at radius 2 is 1.85 bits per heavy atom. The molecule has 2 aromatic rings. The standard InChI is InChI=1S/C16H19ClN2O/c1-16(2,3)11-6-4-5-7-14(11)20-10-13-12(17)8-9-15(18)19-13/h4-9H,10H2,1-3H3,(H2,18,19). The van der Waals surface area contributed by atoms with Crippen LogP contribution in [0.3, 0.4) is 0 Å². The lowest BCUT2D eigenvalue weighted by Crippen LogP contribution is -2.13. The Kier molecular flexibility index (Phi) is 4.19. The van der Waals surface area contributed by atoms with Gasteiger partial charge in [0, 0.05) is 0 Å². The molecule has 1 aromatic carbocycles. The van der Waals surface area contributed by atoms with E-state index in [9.17, 15) is 0 Å². The topological polar surface area (TPSA) is 48.1 Å². The second-order valence-electron chi connectivity index (χ2n) is 5.70. The molecule has 4 heteroatoms. The van der Waals surface area contributed by atoms with Crippen LogP contribution < -0.4 is 10.5 Å². The maximum absolute atomic E-state index is 6.09. The van der Waals surface area contributed by atoms with Gasteiger partial charge in [0.2, 0.25) is 0 Å². The van der Waals surface area contributed by atoms with E-state index in [0.717, 1.165) is 11.3 Å². The zero-order chi connectivity index (χ0) is 14.8. The van der Waals surface area contributed by atoms with E-state index < -0.39 is 0 Å². The van der Waals surface area contributed by atoms with Crippen LogP contribution in [0.1, 0.15) is 32.0 Å².